The molecule has 5 rings (SSSR count). The molecule has 0 radical (unpaired) electrons. The van der Waals surface area contributed by atoms with E-state index in [2.05, 4.69) is 52.3 Å². The van der Waals surface area contributed by atoms with Crippen LogP contribution in [0.2, 0.25) is 0 Å². The van der Waals surface area contributed by atoms with Crippen molar-refractivity contribution < 1.29 is 19.1 Å². The van der Waals surface area contributed by atoms with E-state index in [1.807, 2.05) is 65.4 Å². The Morgan fingerprint density at radius 1 is 0.909 bits per heavy atom. The molecule has 44 heavy (non-hydrogen) atoms. The molecular weight excluding hydrogens is 554 g/mol. The SMILES string of the molecule is CC(C)(C)OC(=O)NC(Cc1cn(C(c2ccccc2)(c2ccccc2)c2ccccc2)cn1)C(=O)NC(=O)[C@@H]1CCCN1. The minimum Gasteiger partial charge on any atom is -0.444 e. The topological polar surface area (TPSA) is 114 Å². The first-order valence-corrected chi connectivity index (χ1v) is 14.9. The highest BCUT2D eigenvalue weighted by Gasteiger charge is 2.39. The van der Waals surface area contributed by atoms with Gasteiger partial charge in [0.1, 0.15) is 17.2 Å². The second-order valence-corrected chi connectivity index (χ2v) is 12.0. The third-order valence-electron chi connectivity index (χ3n) is 7.64. The number of imide groups is 1. The molecule has 9 nitrogen and oxygen atoms in total. The number of nitrogens with one attached hydrogen (secondary N) is 3. The van der Waals surface area contributed by atoms with Crippen molar-refractivity contribution in [3.8, 4) is 0 Å². The van der Waals surface area contributed by atoms with Gasteiger partial charge in [-0.2, -0.15) is 0 Å². The maximum Gasteiger partial charge on any atom is 0.408 e. The summed E-state index contributed by atoms with van der Waals surface area (Å²) >= 11 is 0. The van der Waals surface area contributed by atoms with Gasteiger partial charge in [-0.3, -0.25) is 14.9 Å². The number of benzene rings is 3. The van der Waals surface area contributed by atoms with E-state index in [-0.39, 0.29) is 6.42 Å². The zero-order valence-electron chi connectivity index (χ0n) is 25.3. The van der Waals surface area contributed by atoms with E-state index in [1.54, 1.807) is 27.1 Å². The zero-order chi connectivity index (χ0) is 31.2. The maximum absolute atomic E-state index is 13.4. The van der Waals surface area contributed by atoms with Gasteiger partial charge in [-0.05, 0) is 56.8 Å². The highest BCUT2D eigenvalue weighted by Crippen LogP contribution is 2.40. The fourth-order valence-electron chi connectivity index (χ4n) is 5.71. The molecule has 1 aromatic heterocycles. The number of aromatic nitrogens is 2. The number of ether oxygens (including phenoxy) is 1. The average Bonchev–Trinajstić information content (AvgIpc) is 3.72. The molecule has 3 aromatic carbocycles. The lowest BCUT2D eigenvalue weighted by Crippen LogP contribution is -2.53. The lowest BCUT2D eigenvalue weighted by molar-refractivity contribution is -0.132. The fraction of sp³-hybridized carbons (Fsp3) is 0.314. The first kappa shape index (κ1) is 30.7. The maximum atomic E-state index is 13.4. The molecule has 1 unspecified atom stereocenters. The van der Waals surface area contributed by atoms with Gasteiger partial charge in [0, 0.05) is 12.6 Å². The standard InChI is InChI=1S/C35H39N5O4/c1-34(2,3)44-33(43)38-30(32(42)39-31(41)29-20-13-21-36-29)22-28-23-40(24-37-28)35(25-14-7-4-8-15-25,26-16-9-5-10-17-26)27-18-11-6-12-19-27/h4-12,14-19,23-24,29-30,36H,13,20-22H2,1-3H3,(H,38,43)(H,39,41,42)/t29-,30?/m0/s1. The molecule has 1 aliphatic rings. The van der Waals surface area contributed by atoms with E-state index in [0.29, 0.717) is 12.1 Å². The van der Waals surface area contributed by atoms with Crippen LogP contribution in [0.5, 0.6) is 0 Å². The van der Waals surface area contributed by atoms with Crippen LogP contribution in [0, 0.1) is 0 Å². The lowest BCUT2D eigenvalue weighted by atomic mass is 9.77. The van der Waals surface area contributed by atoms with Gasteiger partial charge in [0.15, 0.2) is 0 Å². The molecule has 228 valence electrons. The molecule has 4 aromatic rings. The minimum atomic E-state index is -1.10. The summed E-state index contributed by atoms with van der Waals surface area (Å²) in [6.45, 7) is 5.95. The summed E-state index contributed by atoms with van der Waals surface area (Å²) in [7, 11) is 0. The molecule has 3 amide bonds. The van der Waals surface area contributed by atoms with Crippen LogP contribution in [0.25, 0.3) is 0 Å². The Kier molecular flexibility index (Phi) is 9.25. The van der Waals surface area contributed by atoms with E-state index in [0.717, 1.165) is 29.7 Å². The molecule has 1 saturated heterocycles. The number of rotatable bonds is 9. The summed E-state index contributed by atoms with van der Waals surface area (Å²) in [4.78, 5) is 43.7. The first-order chi connectivity index (χ1) is 21.2. The van der Waals surface area contributed by atoms with Crippen molar-refractivity contribution in [3.05, 3.63) is 126 Å². The quantitative estimate of drug-likeness (QED) is 0.245. The molecule has 2 atom stereocenters. The Hall–Kier alpha value is -4.76. The molecule has 0 saturated carbocycles. The minimum absolute atomic E-state index is 0.0396. The number of hydrogen-bond acceptors (Lipinski definition) is 6. The predicted octanol–water partition coefficient (Wildman–Crippen LogP) is 4.55. The number of nitrogens with zero attached hydrogens (tertiary/aromatic N) is 2. The summed E-state index contributed by atoms with van der Waals surface area (Å²) in [6, 6.07) is 29.0. The molecular formula is C35H39N5O4. The van der Waals surface area contributed by atoms with Gasteiger partial charge < -0.3 is 19.9 Å². The monoisotopic (exact) mass is 593 g/mol. The van der Waals surface area contributed by atoms with Crippen molar-refractivity contribution in [2.75, 3.05) is 6.54 Å². The van der Waals surface area contributed by atoms with Crippen molar-refractivity contribution in [1.29, 1.82) is 0 Å². The fourth-order valence-corrected chi connectivity index (χ4v) is 5.71. The summed E-state index contributed by atoms with van der Waals surface area (Å²) in [6.07, 6.45) is 4.43. The van der Waals surface area contributed by atoms with E-state index >= 15 is 0 Å². The van der Waals surface area contributed by atoms with Crippen LogP contribution in [0.1, 0.15) is 56.0 Å². The van der Waals surface area contributed by atoms with Gasteiger partial charge in [0.25, 0.3) is 0 Å². The Labute approximate surface area is 258 Å². The van der Waals surface area contributed by atoms with Crippen LogP contribution in [-0.2, 0) is 26.3 Å². The summed E-state index contributed by atoms with van der Waals surface area (Å²) in [5, 5.41) is 8.24. The molecule has 1 aliphatic heterocycles. The van der Waals surface area contributed by atoms with Crippen LogP contribution in [0.4, 0.5) is 4.79 Å². The van der Waals surface area contributed by atoms with Crippen LogP contribution >= 0.6 is 0 Å². The molecule has 0 aliphatic carbocycles. The summed E-state index contributed by atoms with van der Waals surface area (Å²) in [5.41, 5.74) is 2.08. The molecule has 0 spiro atoms. The number of hydrogen-bond donors (Lipinski definition) is 3. The van der Waals surface area contributed by atoms with Crippen LogP contribution in [0.3, 0.4) is 0 Å². The molecule has 2 heterocycles. The van der Waals surface area contributed by atoms with E-state index < -0.39 is 41.1 Å². The Morgan fingerprint density at radius 3 is 1.93 bits per heavy atom. The van der Waals surface area contributed by atoms with Crippen molar-refractivity contribution in [2.45, 2.75) is 63.3 Å². The number of carbonyl (C=O) groups excluding carboxylic acids is 3. The Bertz CT molecular complexity index is 1460. The van der Waals surface area contributed by atoms with Gasteiger partial charge in [-0.1, -0.05) is 91.0 Å². The largest absolute Gasteiger partial charge is 0.444 e. The number of amides is 3. The third kappa shape index (κ3) is 6.89. The predicted molar refractivity (Wildman–Crippen MR) is 168 cm³/mol. The van der Waals surface area contributed by atoms with Gasteiger partial charge in [-0.15, -0.1) is 0 Å². The number of carbonyl (C=O) groups is 3. The van der Waals surface area contributed by atoms with Crippen LogP contribution < -0.4 is 16.0 Å². The van der Waals surface area contributed by atoms with E-state index in [9.17, 15) is 14.4 Å². The van der Waals surface area contributed by atoms with Gasteiger partial charge in [-0.25, -0.2) is 9.78 Å². The summed E-state index contributed by atoms with van der Waals surface area (Å²) < 4.78 is 7.48. The van der Waals surface area contributed by atoms with Crippen molar-refractivity contribution in [2.24, 2.45) is 0 Å². The molecule has 3 N–H and O–H groups in total. The molecule has 0 bridgehead atoms. The van der Waals surface area contributed by atoms with E-state index in [1.165, 1.54) is 0 Å². The third-order valence-corrected chi connectivity index (χ3v) is 7.64. The Balaban J connectivity index is 1.52. The Morgan fingerprint density at radius 2 is 1.45 bits per heavy atom. The summed E-state index contributed by atoms with van der Waals surface area (Å²) in [5.74, 6) is -1.03. The number of alkyl carbamates (subject to hydrolysis) is 1. The highest BCUT2D eigenvalue weighted by atomic mass is 16.6. The highest BCUT2D eigenvalue weighted by molar-refractivity contribution is 6.01. The average molecular weight is 594 g/mol. The van der Waals surface area contributed by atoms with Crippen LogP contribution in [0.15, 0.2) is 104 Å². The zero-order valence-corrected chi connectivity index (χ0v) is 25.3. The molecule has 9 heteroatoms. The normalized spacial score (nSPS) is 15.8. The van der Waals surface area contributed by atoms with Gasteiger partial charge >= 0.3 is 6.09 Å². The number of imidazole rings is 1. The van der Waals surface area contributed by atoms with E-state index in [4.69, 9.17) is 9.72 Å². The van der Waals surface area contributed by atoms with Crippen LogP contribution in [-0.4, -0.2) is 51.7 Å². The van der Waals surface area contributed by atoms with Crippen molar-refractivity contribution in [3.63, 3.8) is 0 Å². The van der Waals surface area contributed by atoms with Gasteiger partial charge in [0.2, 0.25) is 11.8 Å². The van der Waals surface area contributed by atoms with Gasteiger partial charge in [0.05, 0.1) is 18.1 Å². The molecule has 1 fully saturated rings. The van der Waals surface area contributed by atoms with Crippen molar-refractivity contribution in [1.82, 2.24) is 25.5 Å². The second kappa shape index (κ2) is 13.3. The first-order valence-electron chi connectivity index (χ1n) is 14.9. The lowest BCUT2D eigenvalue weighted by Gasteiger charge is -2.37. The second-order valence-electron chi connectivity index (χ2n) is 12.0. The smallest absolute Gasteiger partial charge is 0.408 e. The van der Waals surface area contributed by atoms with Crippen molar-refractivity contribution >= 4 is 17.9 Å².